The van der Waals surface area contributed by atoms with Gasteiger partial charge in [-0.1, -0.05) is 0 Å². The first-order valence-corrected chi connectivity index (χ1v) is 6.10. The standard InChI is InChI=1S/C13H21NO3/c1-10(2)7-13(15,11(3,4)17-10)12(8-14)5-6-16-9-12/h15H,5-7,9H2,1-4H3. The molecule has 0 radical (unpaired) electrons. The van der Waals surface area contributed by atoms with Gasteiger partial charge in [-0.2, -0.15) is 5.26 Å². The number of hydrogen-bond acceptors (Lipinski definition) is 4. The van der Waals surface area contributed by atoms with Crippen molar-refractivity contribution in [3.05, 3.63) is 0 Å². The van der Waals surface area contributed by atoms with Crippen LogP contribution in [0.2, 0.25) is 0 Å². The topological polar surface area (TPSA) is 62.5 Å². The number of hydrogen-bond donors (Lipinski definition) is 1. The molecule has 4 nitrogen and oxygen atoms in total. The van der Waals surface area contributed by atoms with Crippen LogP contribution in [0.5, 0.6) is 0 Å². The maximum absolute atomic E-state index is 11.1. The molecule has 0 aromatic carbocycles. The molecule has 2 rings (SSSR count). The van der Waals surface area contributed by atoms with Crippen LogP contribution in [0.15, 0.2) is 0 Å². The molecule has 17 heavy (non-hydrogen) atoms. The van der Waals surface area contributed by atoms with Gasteiger partial charge in [0.05, 0.1) is 23.9 Å². The molecule has 2 heterocycles. The first kappa shape index (κ1) is 12.8. The first-order valence-electron chi connectivity index (χ1n) is 6.10. The second-order valence-corrected chi connectivity index (χ2v) is 6.41. The summed E-state index contributed by atoms with van der Waals surface area (Å²) in [6, 6.07) is 2.30. The van der Waals surface area contributed by atoms with Crippen LogP contribution in [0.1, 0.15) is 40.5 Å². The second kappa shape index (κ2) is 3.44. The molecule has 2 aliphatic heterocycles. The molecule has 0 aromatic heterocycles. The quantitative estimate of drug-likeness (QED) is 0.755. The van der Waals surface area contributed by atoms with Crippen molar-refractivity contribution in [1.82, 2.24) is 0 Å². The summed E-state index contributed by atoms with van der Waals surface area (Å²) >= 11 is 0. The van der Waals surface area contributed by atoms with Crippen LogP contribution in [0.4, 0.5) is 0 Å². The van der Waals surface area contributed by atoms with Crippen LogP contribution >= 0.6 is 0 Å². The van der Waals surface area contributed by atoms with Crippen molar-refractivity contribution in [2.75, 3.05) is 13.2 Å². The van der Waals surface area contributed by atoms with Gasteiger partial charge in [0.25, 0.3) is 0 Å². The molecule has 96 valence electrons. The van der Waals surface area contributed by atoms with Gasteiger partial charge in [0.15, 0.2) is 0 Å². The van der Waals surface area contributed by atoms with E-state index in [2.05, 4.69) is 6.07 Å². The van der Waals surface area contributed by atoms with Gasteiger partial charge in [-0.05, 0) is 34.1 Å². The second-order valence-electron chi connectivity index (χ2n) is 6.41. The Labute approximate surface area is 103 Å². The third-order valence-corrected chi connectivity index (χ3v) is 4.24. The van der Waals surface area contributed by atoms with Crippen LogP contribution < -0.4 is 0 Å². The summed E-state index contributed by atoms with van der Waals surface area (Å²) < 4.78 is 11.3. The van der Waals surface area contributed by atoms with Gasteiger partial charge >= 0.3 is 0 Å². The summed E-state index contributed by atoms with van der Waals surface area (Å²) in [7, 11) is 0. The highest BCUT2D eigenvalue weighted by molar-refractivity contribution is 5.23. The van der Waals surface area contributed by atoms with Gasteiger partial charge < -0.3 is 14.6 Å². The van der Waals surface area contributed by atoms with Crippen LogP contribution in [0, 0.1) is 16.7 Å². The molecule has 0 saturated carbocycles. The summed E-state index contributed by atoms with van der Waals surface area (Å²) in [5, 5.41) is 20.6. The van der Waals surface area contributed by atoms with Gasteiger partial charge in [0.2, 0.25) is 0 Å². The van der Waals surface area contributed by atoms with E-state index in [-0.39, 0.29) is 0 Å². The maximum Gasteiger partial charge on any atom is 0.117 e. The highest BCUT2D eigenvalue weighted by Gasteiger charge is 2.67. The molecule has 0 bridgehead atoms. The molecular weight excluding hydrogens is 218 g/mol. The number of ether oxygens (including phenoxy) is 2. The third kappa shape index (κ3) is 1.61. The smallest absolute Gasteiger partial charge is 0.117 e. The number of rotatable bonds is 1. The molecule has 2 saturated heterocycles. The minimum Gasteiger partial charge on any atom is -0.385 e. The van der Waals surface area contributed by atoms with Crippen molar-refractivity contribution < 1.29 is 14.6 Å². The molecule has 0 aliphatic carbocycles. The minimum atomic E-state index is -1.16. The lowest BCUT2D eigenvalue weighted by atomic mass is 9.63. The summed E-state index contributed by atoms with van der Waals surface area (Å²) in [6.07, 6.45) is 1.03. The summed E-state index contributed by atoms with van der Waals surface area (Å²) in [5.74, 6) is 0. The Morgan fingerprint density at radius 1 is 1.24 bits per heavy atom. The van der Waals surface area contributed by atoms with Crippen molar-refractivity contribution >= 4 is 0 Å². The molecule has 0 aromatic rings. The van der Waals surface area contributed by atoms with Crippen molar-refractivity contribution in [2.45, 2.75) is 57.3 Å². The minimum absolute atomic E-state index is 0.295. The van der Waals surface area contributed by atoms with Crippen LogP contribution in [0.25, 0.3) is 0 Å². The molecule has 2 aliphatic rings. The van der Waals surface area contributed by atoms with Crippen molar-refractivity contribution in [3.63, 3.8) is 0 Å². The Morgan fingerprint density at radius 3 is 2.24 bits per heavy atom. The van der Waals surface area contributed by atoms with E-state index in [9.17, 15) is 10.4 Å². The zero-order chi connectivity index (χ0) is 12.9. The highest BCUT2D eigenvalue weighted by Crippen LogP contribution is 2.56. The molecule has 0 spiro atoms. The Balaban J connectivity index is 2.45. The molecule has 2 atom stereocenters. The lowest BCUT2D eigenvalue weighted by Gasteiger charge is -2.43. The van der Waals surface area contributed by atoms with Gasteiger partial charge in [-0.15, -0.1) is 0 Å². The van der Waals surface area contributed by atoms with E-state index in [1.165, 1.54) is 0 Å². The van der Waals surface area contributed by atoms with E-state index < -0.39 is 22.2 Å². The van der Waals surface area contributed by atoms with E-state index in [1.54, 1.807) is 0 Å². The lowest BCUT2D eigenvalue weighted by Crippen LogP contribution is -2.58. The predicted molar refractivity (Wildman–Crippen MR) is 62.3 cm³/mol. The highest BCUT2D eigenvalue weighted by atomic mass is 16.6. The lowest BCUT2D eigenvalue weighted by molar-refractivity contribution is -0.164. The van der Waals surface area contributed by atoms with Crippen LogP contribution in [-0.2, 0) is 9.47 Å². The van der Waals surface area contributed by atoms with Crippen molar-refractivity contribution in [2.24, 2.45) is 5.41 Å². The summed E-state index contributed by atoms with van der Waals surface area (Å²) in [6.45, 7) is 8.45. The van der Waals surface area contributed by atoms with E-state index in [0.717, 1.165) is 0 Å². The van der Waals surface area contributed by atoms with Crippen molar-refractivity contribution in [3.8, 4) is 6.07 Å². The Kier molecular flexibility index (Phi) is 2.59. The van der Waals surface area contributed by atoms with E-state index in [1.807, 2.05) is 27.7 Å². The molecular formula is C13H21NO3. The average Bonchev–Trinajstić information content (AvgIpc) is 2.69. The molecule has 2 fully saturated rings. The van der Waals surface area contributed by atoms with Crippen LogP contribution in [0.3, 0.4) is 0 Å². The van der Waals surface area contributed by atoms with E-state index >= 15 is 0 Å². The fraction of sp³-hybridized carbons (Fsp3) is 0.923. The van der Waals surface area contributed by atoms with Gasteiger partial charge in [-0.25, -0.2) is 0 Å². The third-order valence-electron chi connectivity index (χ3n) is 4.24. The predicted octanol–water partition coefficient (Wildman–Crippen LogP) is 1.63. The summed E-state index contributed by atoms with van der Waals surface area (Å²) in [5.41, 5.74) is -3.15. The number of nitrogens with zero attached hydrogens (tertiary/aromatic N) is 1. The Hall–Kier alpha value is -0.630. The van der Waals surface area contributed by atoms with Gasteiger partial charge in [0.1, 0.15) is 11.0 Å². The fourth-order valence-electron chi connectivity index (χ4n) is 3.46. The largest absolute Gasteiger partial charge is 0.385 e. The SMILES string of the molecule is CC1(C)CC(O)(C2(C#N)CCOC2)C(C)(C)O1. The molecule has 1 N–H and O–H groups in total. The number of nitriles is 1. The van der Waals surface area contributed by atoms with Gasteiger partial charge in [0, 0.05) is 13.0 Å². The van der Waals surface area contributed by atoms with E-state index in [4.69, 9.17) is 9.47 Å². The monoisotopic (exact) mass is 239 g/mol. The normalized spacial score (nSPS) is 43.5. The summed E-state index contributed by atoms with van der Waals surface area (Å²) in [4.78, 5) is 0. The van der Waals surface area contributed by atoms with E-state index in [0.29, 0.717) is 26.1 Å². The maximum atomic E-state index is 11.1. The van der Waals surface area contributed by atoms with Crippen molar-refractivity contribution in [1.29, 1.82) is 5.26 Å². The van der Waals surface area contributed by atoms with Crippen LogP contribution in [-0.4, -0.2) is 35.1 Å². The molecule has 2 unspecified atom stereocenters. The zero-order valence-corrected chi connectivity index (χ0v) is 11.0. The molecule has 4 heteroatoms. The number of aliphatic hydroxyl groups is 1. The zero-order valence-electron chi connectivity index (χ0n) is 11.0. The average molecular weight is 239 g/mol. The fourth-order valence-corrected chi connectivity index (χ4v) is 3.46. The Bertz CT molecular complexity index is 363. The van der Waals surface area contributed by atoms with Gasteiger partial charge in [-0.3, -0.25) is 0 Å². The first-order chi connectivity index (χ1) is 7.68. The molecule has 0 amide bonds. The Morgan fingerprint density at radius 2 is 1.88 bits per heavy atom.